The fourth-order valence-electron chi connectivity index (χ4n) is 5.61. The summed E-state index contributed by atoms with van der Waals surface area (Å²) in [6.07, 6.45) is 13.2. The number of rotatable bonds is 3. The van der Waals surface area contributed by atoms with Gasteiger partial charge in [0, 0.05) is 77.8 Å². The van der Waals surface area contributed by atoms with Crippen molar-refractivity contribution in [2.75, 3.05) is 19.1 Å². The van der Waals surface area contributed by atoms with Crippen molar-refractivity contribution in [2.24, 2.45) is 0 Å². The first-order chi connectivity index (χ1) is 24.7. The molecule has 0 saturated carbocycles. The second kappa shape index (κ2) is 17.8. The highest BCUT2D eigenvalue weighted by Gasteiger charge is 2.18. The second-order valence-corrected chi connectivity index (χ2v) is 17.1. The maximum Gasteiger partial charge on any atom is 0.295 e. The third-order valence-electron chi connectivity index (χ3n) is 8.01. The van der Waals surface area contributed by atoms with Gasteiger partial charge in [0.1, 0.15) is 4.90 Å². The maximum absolute atomic E-state index is 11.5. The Morgan fingerprint density at radius 3 is 1.58 bits per heavy atom. The largest absolute Gasteiger partial charge is 0.312 e. The van der Waals surface area contributed by atoms with E-state index < -0.39 is 29.8 Å². The summed E-state index contributed by atoms with van der Waals surface area (Å²) in [5.74, 6) is 0. The Morgan fingerprint density at radius 2 is 1.02 bits per heavy atom. The molecule has 2 N–H and O–H groups in total. The Hall–Kier alpha value is -4.83. The molecule has 0 saturated heterocycles. The Labute approximate surface area is 315 Å². The molecule has 8 rings (SSSR count). The van der Waals surface area contributed by atoms with Gasteiger partial charge in [-0.15, -0.1) is 12.4 Å². The normalized spacial score (nSPS) is 12.4. The number of pyridine rings is 3. The molecule has 0 spiro atoms. The number of halogens is 1. The average Bonchev–Trinajstić information content (AvgIpc) is 3.14. The van der Waals surface area contributed by atoms with E-state index in [-0.39, 0.29) is 17.3 Å². The molecular formula is C38H37ClN4O7S3. The molecule has 1 aliphatic heterocycles. The lowest BCUT2D eigenvalue weighted by molar-refractivity contribution is 0.484. The molecule has 0 aliphatic carbocycles. The Bertz CT molecular complexity index is 2510. The van der Waals surface area contributed by atoms with Crippen molar-refractivity contribution in [1.29, 1.82) is 0 Å². The zero-order chi connectivity index (χ0) is 37.4. The van der Waals surface area contributed by atoms with Gasteiger partial charge in [-0.1, -0.05) is 60.7 Å². The number of aromatic nitrogens is 3. The topological polar surface area (TPSA) is 173 Å². The molecule has 0 atom stereocenters. The highest BCUT2D eigenvalue weighted by Crippen LogP contribution is 2.24. The molecule has 0 bridgehead atoms. The van der Waals surface area contributed by atoms with Crippen LogP contribution in [0.3, 0.4) is 0 Å². The Kier molecular flexibility index (Phi) is 13.7. The van der Waals surface area contributed by atoms with E-state index in [9.17, 15) is 25.3 Å². The molecule has 11 nitrogen and oxygen atoms in total. The van der Waals surface area contributed by atoms with E-state index in [0.717, 1.165) is 41.4 Å². The molecule has 53 heavy (non-hydrogen) atoms. The van der Waals surface area contributed by atoms with E-state index in [1.807, 2.05) is 48.8 Å². The first-order valence-corrected chi connectivity index (χ1v) is 21.1. The summed E-state index contributed by atoms with van der Waals surface area (Å²) in [6.45, 7) is 1.64. The van der Waals surface area contributed by atoms with Crippen molar-refractivity contribution >= 4 is 74.5 Å². The lowest BCUT2D eigenvalue weighted by atomic mass is 10.0. The molecule has 7 aromatic rings. The van der Waals surface area contributed by atoms with Crippen LogP contribution in [0.25, 0.3) is 32.3 Å². The predicted octanol–water partition coefficient (Wildman–Crippen LogP) is 6.51. The van der Waals surface area contributed by atoms with Gasteiger partial charge in [0.25, 0.3) is 10.1 Å². The standard InChI is InChI=1S/C10H13NO2S.C10H9NO2S.C9H7NO3S.C9H7N.ClH/c2*1-14(12,13)10-4-2-3-8-7-11-6-5-9(8)10;11-14(12,13)9-3-1-2-7-6-10-5-4-8(7)9;1-2-4-9-7-10-6-5-8(9)3-1;/h2-4,11H,5-7H2,1H3;2-7H,1H3;1-6H,(H,11,12,13);1-7H;1H. The van der Waals surface area contributed by atoms with Gasteiger partial charge in [-0.25, -0.2) is 16.8 Å². The first-order valence-electron chi connectivity index (χ1n) is 15.9. The van der Waals surface area contributed by atoms with Gasteiger partial charge in [0.15, 0.2) is 19.7 Å². The summed E-state index contributed by atoms with van der Waals surface area (Å²) in [6, 6.07) is 28.8. The number of fused-ring (bicyclic) bond motifs is 4. The number of nitrogens with zero attached hydrogens (tertiary/aromatic N) is 3. The molecule has 276 valence electrons. The fourth-order valence-corrected chi connectivity index (χ4v) is 8.24. The molecule has 0 radical (unpaired) electrons. The van der Waals surface area contributed by atoms with Gasteiger partial charge >= 0.3 is 0 Å². The predicted molar refractivity (Wildman–Crippen MR) is 210 cm³/mol. The van der Waals surface area contributed by atoms with Crippen LogP contribution in [0.1, 0.15) is 11.1 Å². The van der Waals surface area contributed by atoms with Crippen LogP contribution in [0.2, 0.25) is 0 Å². The van der Waals surface area contributed by atoms with Gasteiger partial charge in [-0.05, 0) is 71.3 Å². The van der Waals surface area contributed by atoms with Crippen LogP contribution in [0.5, 0.6) is 0 Å². The molecule has 4 aromatic carbocycles. The zero-order valence-electron chi connectivity index (χ0n) is 28.7. The second-order valence-electron chi connectivity index (χ2n) is 11.8. The average molecular weight is 793 g/mol. The summed E-state index contributed by atoms with van der Waals surface area (Å²) < 4.78 is 76.7. The van der Waals surface area contributed by atoms with Crippen LogP contribution in [0.4, 0.5) is 0 Å². The van der Waals surface area contributed by atoms with Crippen molar-refractivity contribution in [1.82, 2.24) is 20.3 Å². The van der Waals surface area contributed by atoms with Crippen LogP contribution in [0.15, 0.2) is 149 Å². The minimum absolute atomic E-state index is 0. The number of benzene rings is 4. The molecule has 15 heteroatoms. The van der Waals surface area contributed by atoms with Crippen molar-refractivity contribution in [2.45, 2.75) is 27.7 Å². The molecule has 0 fully saturated rings. The van der Waals surface area contributed by atoms with Crippen molar-refractivity contribution in [3.8, 4) is 0 Å². The quantitative estimate of drug-likeness (QED) is 0.187. The lowest BCUT2D eigenvalue weighted by Crippen LogP contribution is -2.25. The third kappa shape index (κ3) is 10.9. The molecule has 3 aromatic heterocycles. The van der Waals surface area contributed by atoms with E-state index in [0.29, 0.717) is 20.6 Å². The van der Waals surface area contributed by atoms with Gasteiger partial charge in [0.05, 0.1) is 9.79 Å². The van der Waals surface area contributed by atoms with E-state index >= 15 is 0 Å². The van der Waals surface area contributed by atoms with Gasteiger partial charge < -0.3 is 5.32 Å². The number of nitrogens with one attached hydrogen (secondary N) is 1. The number of sulfone groups is 2. The monoisotopic (exact) mass is 792 g/mol. The van der Waals surface area contributed by atoms with E-state index in [1.165, 1.54) is 35.5 Å². The smallest absolute Gasteiger partial charge is 0.295 e. The number of hydrogen-bond donors (Lipinski definition) is 2. The van der Waals surface area contributed by atoms with Crippen molar-refractivity contribution in [3.05, 3.63) is 145 Å². The molecule has 0 unspecified atom stereocenters. The van der Waals surface area contributed by atoms with Crippen LogP contribution in [-0.4, -0.2) is 63.8 Å². The molecular weight excluding hydrogens is 756 g/mol. The highest BCUT2D eigenvalue weighted by molar-refractivity contribution is 7.91. The lowest BCUT2D eigenvalue weighted by Gasteiger charge is -2.19. The summed E-state index contributed by atoms with van der Waals surface area (Å²) in [5.41, 5.74) is 2.10. The van der Waals surface area contributed by atoms with Crippen LogP contribution in [0, 0.1) is 0 Å². The van der Waals surface area contributed by atoms with Crippen LogP contribution in [-0.2, 0) is 42.8 Å². The van der Waals surface area contributed by atoms with Crippen molar-refractivity contribution < 1.29 is 29.8 Å². The first kappa shape index (κ1) is 40.9. The molecule has 4 heterocycles. The van der Waals surface area contributed by atoms with E-state index in [2.05, 4.69) is 32.4 Å². The minimum Gasteiger partial charge on any atom is -0.312 e. The summed E-state index contributed by atoms with van der Waals surface area (Å²) >= 11 is 0. The zero-order valence-corrected chi connectivity index (χ0v) is 32.0. The highest BCUT2D eigenvalue weighted by atomic mass is 35.5. The Balaban J connectivity index is 0.000000158. The van der Waals surface area contributed by atoms with Gasteiger partial charge in [0.2, 0.25) is 0 Å². The summed E-state index contributed by atoms with van der Waals surface area (Å²) in [5, 5.41) is 8.40. The maximum atomic E-state index is 11.5. The minimum atomic E-state index is -4.16. The van der Waals surface area contributed by atoms with Crippen LogP contribution >= 0.6 is 12.4 Å². The Morgan fingerprint density at radius 1 is 0.547 bits per heavy atom. The van der Waals surface area contributed by atoms with Crippen LogP contribution < -0.4 is 5.32 Å². The van der Waals surface area contributed by atoms with Gasteiger partial charge in [-0.2, -0.15) is 8.42 Å². The number of hydrogen-bond acceptors (Lipinski definition) is 10. The molecule has 1 aliphatic rings. The molecule has 0 amide bonds. The van der Waals surface area contributed by atoms with E-state index in [4.69, 9.17) is 4.55 Å². The summed E-state index contributed by atoms with van der Waals surface area (Å²) in [4.78, 5) is 12.6. The third-order valence-corrected chi connectivity index (χ3v) is 11.3. The fraction of sp³-hybridized carbons (Fsp3) is 0.132. The van der Waals surface area contributed by atoms with E-state index in [1.54, 1.807) is 61.1 Å². The van der Waals surface area contributed by atoms with Gasteiger partial charge in [-0.3, -0.25) is 19.5 Å². The summed E-state index contributed by atoms with van der Waals surface area (Å²) in [7, 11) is -10.4. The SMILES string of the molecule is CS(=O)(=O)c1cccc2c1CCNC2.CS(=O)(=O)c1cccc2cnccc12.Cl.O=S(=O)(O)c1cccc2cnccc12.c1ccc2cnccc2c1. The van der Waals surface area contributed by atoms with Crippen molar-refractivity contribution in [3.63, 3.8) is 0 Å².